The van der Waals surface area contributed by atoms with Crippen LogP contribution < -0.4 is 20.1 Å². The molecule has 3 aromatic heterocycles. The van der Waals surface area contributed by atoms with Gasteiger partial charge < -0.3 is 29.4 Å². The molecule has 15 nitrogen and oxygen atoms in total. The second-order valence-corrected chi connectivity index (χ2v) is 22.5. The van der Waals surface area contributed by atoms with Crippen LogP contribution >= 0.6 is 11.3 Å². The van der Waals surface area contributed by atoms with Gasteiger partial charge in [-0.15, -0.1) is 11.3 Å². The number of ether oxygens (including phenoxy) is 2. The van der Waals surface area contributed by atoms with E-state index in [0.29, 0.717) is 54.6 Å². The van der Waals surface area contributed by atoms with Gasteiger partial charge in [0, 0.05) is 22.6 Å². The summed E-state index contributed by atoms with van der Waals surface area (Å²) in [5, 5.41) is 6.55. The second kappa shape index (κ2) is 16.5. The maximum Gasteiger partial charge on any atom is 0.408 e. The minimum atomic E-state index is -4.02. The molecule has 2 aliphatic heterocycles. The highest BCUT2D eigenvalue weighted by atomic mass is 32.2. The van der Waals surface area contributed by atoms with Gasteiger partial charge in [0.15, 0.2) is 5.82 Å². The van der Waals surface area contributed by atoms with Crippen molar-refractivity contribution in [3.8, 4) is 16.6 Å². The van der Waals surface area contributed by atoms with Crippen LogP contribution in [0.3, 0.4) is 0 Å². The molecule has 9 rings (SSSR count). The van der Waals surface area contributed by atoms with Gasteiger partial charge in [0.2, 0.25) is 27.4 Å². The summed E-state index contributed by atoms with van der Waals surface area (Å²) >= 11 is 1.59. The molecule has 336 valence electrons. The quantitative estimate of drug-likeness (QED) is 0.151. The number of hydrogen-bond donors (Lipinski definition) is 3. The van der Waals surface area contributed by atoms with Crippen LogP contribution in [0.2, 0.25) is 0 Å². The van der Waals surface area contributed by atoms with Crippen LogP contribution in [0, 0.1) is 5.92 Å². The first-order chi connectivity index (χ1) is 30.0. The smallest absolute Gasteiger partial charge is 0.408 e. The number of fused-ring (bicyclic) bond motifs is 5. The molecule has 3 saturated carbocycles. The second-order valence-electron chi connectivity index (χ2n) is 19.3. The summed E-state index contributed by atoms with van der Waals surface area (Å²) < 4.78 is 46.6. The summed E-state index contributed by atoms with van der Waals surface area (Å²) in [5.41, 5.74) is -0.182. The van der Waals surface area contributed by atoms with E-state index in [-0.39, 0.29) is 36.8 Å². The number of allylic oxidation sites excluding steroid dienone is 1. The molecule has 4 amide bonds. The number of amides is 4. The van der Waals surface area contributed by atoms with Crippen molar-refractivity contribution in [2.75, 3.05) is 6.54 Å². The molecule has 3 N–H and O–H groups in total. The highest BCUT2D eigenvalue weighted by Crippen LogP contribution is 2.48. The molecule has 0 bridgehead atoms. The Kier molecular flexibility index (Phi) is 11.3. The number of rotatable bonds is 8. The third-order valence-corrected chi connectivity index (χ3v) is 17.0. The standard InChI is InChI=1S/C46H56N6O9S2/c1-44(2,3)35-21-20-34(62-35)38-48-36-30-17-12-13-19-33(30)61-37(36)40(49-38)59-29-24-32-39(53)50-46(42(55)51-63(57,58)45(4)22-23-45)25-27(46)14-8-6-5-7-9-18-31(41(54)52(32)26-29)47-43(56)60-28-15-10-11-16-28/h8,12-14,17,19-21,27-29,31-32H,5-7,9-11,15-16,18,22-26H2,1-4H3,(H,47,56)(H,50,53)(H,51,55)/b14-8-/t27-,29-,31+,32+,46-/m1/s1. The SMILES string of the molecule is CC(C)(C)c1ccc(-c2nc(O[C@@H]3C[C@H]4C(=O)N[C@]5(C(=O)NS(=O)(=O)C6(C)CC6)C[C@H]5/C=C\CCCCC[C@H](NC(=O)OC5CCCC5)C(=O)N4C3)c3oc4ccccc4c3n2)s1. The molecule has 5 heterocycles. The van der Waals surface area contributed by atoms with Gasteiger partial charge >= 0.3 is 6.09 Å². The van der Waals surface area contributed by atoms with Crippen LogP contribution in [-0.2, 0) is 34.6 Å². The molecular formula is C46H56N6O9S2. The normalized spacial score (nSPS) is 27.1. The number of hydrogen-bond acceptors (Lipinski definition) is 12. The predicted molar refractivity (Wildman–Crippen MR) is 237 cm³/mol. The van der Waals surface area contributed by atoms with Crippen molar-refractivity contribution < 1.29 is 41.5 Å². The summed E-state index contributed by atoms with van der Waals surface area (Å²) in [7, 11) is -4.02. The lowest BCUT2D eigenvalue weighted by Gasteiger charge is -2.30. The van der Waals surface area contributed by atoms with E-state index in [1.54, 1.807) is 18.3 Å². The van der Waals surface area contributed by atoms with Crippen LogP contribution in [0.5, 0.6) is 5.88 Å². The van der Waals surface area contributed by atoms with E-state index in [9.17, 15) is 27.6 Å². The van der Waals surface area contributed by atoms with Crippen LogP contribution in [0.1, 0.15) is 116 Å². The number of furan rings is 1. The fourth-order valence-corrected chi connectivity index (χ4v) is 11.4. The van der Waals surface area contributed by atoms with E-state index in [1.807, 2.05) is 42.5 Å². The number of nitrogens with one attached hydrogen (secondary N) is 3. The first kappa shape index (κ1) is 43.2. The molecule has 4 aromatic rings. The van der Waals surface area contributed by atoms with Crippen molar-refractivity contribution >= 4 is 67.2 Å². The summed E-state index contributed by atoms with van der Waals surface area (Å²) in [6, 6.07) is 9.41. The van der Waals surface area contributed by atoms with Gasteiger partial charge in [-0.25, -0.2) is 18.2 Å². The first-order valence-corrected chi connectivity index (χ1v) is 24.6. The van der Waals surface area contributed by atoms with Crippen molar-refractivity contribution in [3.63, 3.8) is 0 Å². The molecule has 1 saturated heterocycles. The zero-order valence-electron chi connectivity index (χ0n) is 36.2. The predicted octanol–water partition coefficient (Wildman–Crippen LogP) is 7.18. The number of benzene rings is 1. The van der Waals surface area contributed by atoms with Crippen molar-refractivity contribution in [2.45, 2.75) is 151 Å². The molecule has 3 aliphatic carbocycles. The third-order valence-electron chi connectivity index (χ3n) is 13.4. The van der Waals surface area contributed by atoms with Gasteiger partial charge in [-0.1, -0.05) is 57.9 Å². The van der Waals surface area contributed by atoms with E-state index in [2.05, 4.69) is 42.2 Å². The van der Waals surface area contributed by atoms with Gasteiger partial charge in [-0.2, -0.15) is 4.98 Å². The number of thiophene rings is 1. The van der Waals surface area contributed by atoms with Gasteiger partial charge in [-0.05, 0) is 101 Å². The number of sulfonamides is 1. The zero-order chi connectivity index (χ0) is 44.3. The number of nitrogens with zero attached hydrogens (tertiary/aromatic N) is 3. The summed E-state index contributed by atoms with van der Waals surface area (Å²) in [6.45, 7) is 7.96. The Hall–Kier alpha value is -5.03. The summed E-state index contributed by atoms with van der Waals surface area (Å²) in [5.74, 6) is -1.80. The van der Waals surface area contributed by atoms with Crippen LogP contribution in [-0.4, -0.2) is 88.2 Å². The molecule has 0 unspecified atom stereocenters. The Morgan fingerprint density at radius 3 is 2.49 bits per heavy atom. The topological polar surface area (TPSA) is 199 Å². The van der Waals surface area contributed by atoms with E-state index in [1.165, 1.54) is 4.90 Å². The van der Waals surface area contributed by atoms with E-state index < -0.39 is 68.2 Å². The molecule has 17 heteroatoms. The summed E-state index contributed by atoms with van der Waals surface area (Å²) in [6.07, 6.45) is 9.83. The largest absolute Gasteiger partial charge is 0.470 e. The van der Waals surface area contributed by atoms with Crippen molar-refractivity contribution in [2.24, 2.45) is 5.92 Å². The Morgan fingerprint density at radius 2 is 1.75 bits per heavy atom. The van der Waals surface area contributed by atoms with Crippen LogP contribution in [0.25, 0.3) is 32.8 Å². The summed E-state index contributed by atoms with van der Waals surface area (Å²) in [4.78, 5) is 70.2. The van der Waals surface area contributed by atoms with E-state index in [0.717, 1.165) is 53.7 Å². The van der Waals surface area contributed by atoms with Crippen LogP contribution in [0.4, 0.5) is 4.79 Å². The number of aromatic nitrogens is 2. The van der Waals surface area contributed by atoms with E-state index in [4.69, 9.17) is 23.9 Å². The molecule has 0 spiro atoms. The highest BCUT2D eigenvalue weighted by Gasteiger charge is 2.63. The van der Waals surface area contributed by atoms with Crippen molar-refractivity contribution in [3.05, 3.63) is 53.4 Å². The lowest BCUT2D eigenvalue weighted by atomic mass is 9.95. The number of carbonyl (C=O) groups excluding carboxylic acids is 4. The molecule has 5 aliphatic rings. The molecule has 0 radical (unpaired) electrons. The van der Waals surface area contributed by atoms with Crippen molar-refractivity contribution in [1.29, 1.82) is 0 Å². The average molecular weight is 901 g/mol. The molecule has 63 heavy (non-hydrogen) atoms. The number of para-hydroxylation sites is 1. The minimum Gasteiger partial charge on any atom is -0.470 e. The molecule has 1 aromatic carbocycles. The molecular weight excluding hydrogens is 845 g/mol. The number of alkyl carbamates (subject to hydrolysis) is 1. The third kappa shape index (κ3) is 8.66. The first-order valence-electron chi connectivity index (χ1n) is 22.3. The maximum absolute atomic E-state index is 14.9. The Labute approximate surface area is 371 Å². The Morgan fingerprint density at radius 1 is 0.984 bits per heavy atom. The van der Waals surface area contributed by atoms with Gasteiger partial charge in [0.25, 0.3) is 11.8 Å². The van der Waals surface area contributed by atoms with Gasteiger partial charge in [0.1, 0.15) is 40.9 Å². The van der Waals surface area contributed by atoms with Crippen LogP contribution in [0.15, 0.2) is 53.0 Å². The average Bonchev–Trinajstić information content (AvgIpc) is 3.72. The number of carbonyl (C=O) groups is 4. The Balaban J connectivity index is 1.06. The highest BCUT2D eigenvalue weighted by molar-refractivity contribution is 7.91. The fraction of sp³-hybridized carbons (Fsp3) is 0.565. The Bertz CT molecular complexity index is 2590. The lowest BCUT2D eigenvalue weighted by Crippen LogP contribution is -2.58. The van der Waals surface area contributed by atoms with Gasteiger partial charge in [-0.3, -0.25) is 19.1 Å². The van der Waals surface area contributed by atoms with Gasteiger partial charge in [0.05, 0.1) is 16.2 Å². The zero-order valence-corrected chi connectivity index (χ0v) is 37.9. The monoisotopic (exact) mass is 900 g/mol. The fourth-order valence-electron chi connectivity index (χ4n) is 9.06. The maximum atomic E-state index is 14.9. The van der Waals surface area contributed by atoms with E-state index >= 15 is 0 Å². The molecule has 5 atom stereocenters. The van der Waals surface area contributed by atoms with Crippen molar-refractivity contribution in [1.82, 2.24) is 30.2 Å². The minimum absolute atomic E-state index is 0.000376. The molecule has 4 fully saturated rings. The lowest BCUT2D eigenvalue weighted by molar-refractivity contribution is -0.141.